The standard InChI is InChI=1S/C13H19ClFN/c1-3-13(4-2,10-14)16-9-11-5-7-12(15)8-6-11/h5-8,16H,3-4,9-10H2,1-2H3. The molecular formula is C13H19ClFN. The minimum atomic E-state index is -0.196. The lowest BCUT2D eigenvalue weighted by atomic mass is 9.95. The summed E-state index contributed by atoms with van der Waals surface area (Å²) in [5, 5.41) is 3.46. The summed E-state index contributed by atoms with van der Waals surface area (Å²) >= 11 is 5.99. The number of halogens is 2. The third kappa shape index (κ3) is 3.46. The van der Waals surface area contributed by atoms with Crippen molar-refractivity contribution < 1.29 is 4.39 Å². The zero-order valence-electron chi connectivity index (χ0n) is 9.89. The fourth-order valence-electron chi connectivity index (χ4n) is 1.63. The Morgan fingerprint density at radius 2 is 1.75 bits per heavy atom. The molecule has 16 heavy (non-hydrogen) atoms. The summed E-state index contributed by atoms with van der Waals surface area (Å²) in [6.45, 7) is 4.99. The van der Waals surface area contributed by atoms with E-state index in [4.69, 9.17) is 11.6 Å². The molecule has 1 aromatic carbocycles. The van der Waals surface area contributed by atoms with Crippen LogP contribution in [0.5, 0.6) is 0 Å². The van der Waals surface area contributed by atoms with Gasteiger partial charge >= 0.3 is 0 Å². The van der Waals surface area contributed by atoms with Gasteiger partial charge in [0.05, 0.1) is 0 Å². The molecule has 1 aromatic rings. The highest BCUT2D eigenvalue weighted by molar-refractivity contribution is 6.18. The lowest BCUT2D eigenvalue weighted by Gasteiger charge is -2.31. The van der Waals surface area contributed by atoms with Crippen molar-refractivity contribution in [3.63, 3.8) is 0 Å². The maximum Gasteiger partial charge on any atom is 0.123 e. The summed E-state index contributed by atoms with van der Waals surface area (Å²) in [5.41, 5.74) is 1.08. The van der Waals surface area contributed by atoms with E-state index < -0.39 is 0 Å². The SMILES string of the molecule is CCC(CC)(CCl)NCc1ccc(F)cc1. The molecule has 0 spiro atoms. The fraction of sp³-hybridized carbons (Fsp3) is 0.538. The monoisotopic (exact) mass is 243 g/mol. The summed E-state index contributed by atoms with van der Waals surface area (Å²) in [5.74, 6) is 0.402. The Hall–Kier alpha value is -0.600. The highest BCUT2D eigenvalue weighted by atomic mass is 35.5. The van der Waals surface area contributed by atoms with E-state index in [1.807, 2.05) is 0 Å². The van der Waals surface area contributed by atoms with E-state index in [2.05, 4.69) is 19.2 Å². The molecule has 3 heteroatoms. The van der Waals surface area contributed by atoms with Crippen LogP contribution in [0.4, 0.5) is 4.39 Å². The van der Waals surface area contributed by atoms with Crippen molar-refractivity contribution in [2.45, 2.75) is 38.8 Å². The van der Waals surface area contributed by atoms with Gasteiger partial charge in [0.15, 0.2) is 0 Å². The number of benzene rings is 1. The third-order valence-corrected chi connectivity index (χ3v) is 3.70. The molecule has 0 heterocycles. The second-order valence-corrected chi connectivity index (χ2v) is 4.37. The van der Waals surface area contributed by atoms with Crippen LogP contribution in [-0.2, 0) is 6.54 Å². The van der Waals surface area contributed by atoms with Gasteiger partial charge in [-0.15, -0.1) is 11.6 Å². The van der Waals surface area contributed by atoms with Crippen molar-refractivity contribution in [1.82, 2.24) is 5.32 Å². The van der Waals surface area contributed by atoms with Crippen LogP contribution in [0.25, 0.3) is 0 Å². The Bertz CT molecular complexity index is 298. The molecule has 0 aliphatic rings. The van der Waals surface area contributed by atoms with Gasteiger partial charge in [0.2, 0.25) is 0 Å². The Balaban J connectivity index is 2.58. The molecule has 0 saturated heterocycles. The van der Waals surface area contributed by atoms with Crippen LogP contribution in [-0.4, -0.2) is 11.4 Å². The van der Waals surface area contributed by atoms with Crippen LogP contribution in [0.3, 0.4) is 0 Å². The Labute approximate surface area is 102 Å². The van der Waals surface area contributed by atoms with Gasteiger partial charge in [-0.25, -0.2) is 4.39 Å². The predicted octanol–water partition coefficient (Wildman–Crippen LogP) is 3.71. The van der Waals surface area contributed by atoms with E-state index in [9.17, 15) is 4.39 Å². The van der Waals surface area contributed by atoms with Crippen molar-refractivity contribution in [3.8, 4) is 0 Å². The average Bonchev–Trinajstić information content (AvgIpc) is 2.34. The summed E-state index contributed by atoms with van der Waals surface area (Å²) in [6.07, 6.45) is 1.99. The number of alkyl halides is 1. The first kappa shape index (κ1) is 13.5. The fourth-order valence-corrected chi connectivity index (χ4v) is 2.10. The van der Waals surface area contributed by atoms with Crippen LogP contribution in [0.2, 0.25) is 0 Å². The van der Waals surface area contributed by atoms with E-state index in [0.29, 0.717) is 5.88 Å². The molecule has 0 aliphatic carbocycles. The average molecular weight is 244 g/mol. The first-order valence-electron chi connectivity index (χ1n) is 5.71. The van der Waals surface area contributed by atoms with Crippen molar-refractivity contribution in [1.29, 1.82) is 0 Å². The molecule has 0 aliphatic heterocycles. The van der Waals surface area contributed by atoms with Crippen molar-refractivity contribution in [2.24, 2.45) is 0 Å². The molecule has 1 nitrogen and oxygen atoms in total. The largest absolute Gasteiger partial charge is 0.306 e. The van der Waals surface area contributed by atoms with E-state index in [1.165, 1.54) is 12.1 Å². The maximum absolute atomic E-state index is 12.7. The molecule has 0 fully saturated rings. The zero-order valence-corrected chi connectivity index (χ0v) is 10.6. The van der Waals surface area contributed by atoms with Crippen LogP contribution < -0.4 is 5.32 Å². The minimum Gasteiger partial charge on any atom is -0.306 e. The lowest BCUT2D eigenvalue weighted by molar-refractivity contribution is 0.334. The normalized spacial score (nSPS) is 11.8. The number of hydrogen-bond acceptors (Lipinski definition) is 1. The van der Waals surface area contributed by atoms with E-state index in [0.717, 1.165) is 24.9 Å². The predicted molar refractivity (Wildman–Crippen MR) is 67.3 cm³/mol. The number of nitrogens with one attached hydrogen (secondary N) is 1. The molecule has 90 valence electrons. The first-order chi connectivity index (χ1) is 7.65. The molecule has 0 bridgehead atoms. The molecule has 0 saturated carbocycles. The Kier molecular flexibility index (Phi) is 5.23. The van der Waals surface area contributed by atoms with Crippen LogP contribution in [0.15, 0.2) is 24.3 Å². The summed E-state index contributed by atoms with van der Waals surface area (Å²) in [6, 6.07) is 6.56. The molecule has 1 N–H and O–H groups in total. The molecule has 0 amide bonds. The summed E-state index contributed by atoms with van der Waals surface area (Å²) < 4.78 is 12.7. The van der Waals surface area contributed by atoms with E-state index in [1.54, 1.807) is 12.1 Å². The molecule has 0 unspecified atom stereocenters. The second kappa shape index (κ2) is 6.21. The number of rotatable bonds is 6. The molecular weight excluding hydrogens is 225 g/mol. The van der Waals surface area contributed by atoms with Gasteiger partial charge in [-0.3, -0.25) is 0 Å². The number of hydrogen-bond donors (Lipinski definition) is 1. The summed E-state index contributed by atoms with van der Waals surface area (Å²) in [4.78, 5) is 0. The van der Waals surface area contributed by atoms with E-state index >= 15 is 0 Å². The zero-order chi connectivity index (χ0) is 12.0. The van der Waals surface area contributed by atoms with Crippen molar-refractivity contribution >= 4 is 11.6 Å². The quantitative estimate of drug-likeness (QED) is 0.751. The molecule has 0 radical (unpaired) electrons. The molecule has 0 atom stereocenters. The second-order valence-electron chi connectivity index (χ2n) is 4.10. The van der Waals surface area contributed by atoms with Crippen LogP contribution in [0.1, 0.15) is 32.3 Å². The van der Waals surface area contributed by atoms with Gasteiger partial charge in [0, 0.05) is 18.0 Å². The molecule has 1 rings (SSSR count). The first-order valence-corrected chi connectivity index (χ1v) is 6.24. The van der Waals surface area contributed by atoms with E-state index in [-0.39, 0.29) is 11.4 Å². The topological polar surface area (TPSA) is 12.0 Å². The van der Waals surface area contributed by atoms with Crippen LogP contribution >= 0.6 is 11.6 Å². The third-order valence-electron chi connectivity index (χ3n) is 3.19. The van der Waals surface area contributed by atoms with Crippen molar-refractivity contribution in [3.05, 3.63) is 35.6 Å². The lowest BCUT2D eigenvalue weighted by Crippen LogP contribution is -2.45. The van der Waals surface area contributed by atoms with Gasteiger partial charge in [-0.05, 0) is 30.5 Å². The summed E-state index contributed by atoms with van der Waals surface area (Å²) in [7, 11) is 0. The van der Waals surface area contributed by atoms with Gasteiger partial charge in [-0.2, -0.15) is 0 Å². The Morgan fingerprint density at radius 1 is 1.19 bits per heavy atom. The van der Waals surface area contributed by atoms with Crippen molar-refractivity contribution in [2.75, 3.05) is 5.88 Å². The van der Waals surface area contributed by atoms with Gasteiger partial charge < -0.3 is 5.32 Å². The highest BCUT2D eigenvalue weighted by Gasteiger charge is 2.23. The van der Waals surface area contributed by atoms with Gasteiger partial charge in [0.25, 0.3) is 0 Å². The molecule has 0 aromatic heterocycles. The minimum absolute atomic E-state index is 0.00403. The Morgan fingerprint density at radius 3 is 2.19 bits per heavy atom. The van der Waals surface area contributed by atoms with Crippen LogP contribution in [0, 0.1) is 5.82 Å². The van der Waals surface area contributed by atoms with Gasteiger partial charge in [0.1, 0.15) is 5.82 Å². The highest BCUT2D eigenvalue weighted by Crippen LogP contribution is 2.17. The smallest absolute Gasteiger partial charge is 0.123 e. The maximum atomic E-state index is 12.7. The van der Waals surface area contributed by atoms with Gasteiger partial charge in [-0.1, -0.05) is 26.0 Å².